The van der Waals surface area contributed by atoms with E-state index in [1.54, 1.807) is 12.1 Å². The molecule has 37 heavy (non-hydrogen) atoms. The van der Waals surface area contributed by atoms with Gasteiger partial charge >= 0.3 is 0 Å². The highest BCUT2D eigenvalue weighted by atomic mass is 35.5. The molecule has 1 aromatic heterocycles. The van der Waals surface area contributed by atoms with Crippen molar-refractivity contribution in [3.8, 4) is 0 Å². The first-order valence-electron chi connectivity index (χ1n) is 11.2. The minimum absolute atomic E-state index is 0.205. The number of amides is 2. The van der Waals surface area contributed by atoms with E-state index in [9.17, 15) is 14.4 Å². The summed E-state index contributed by atoms with van der Waals surface area (Å²) in [6, 6.07) is 15.6. The third-order valence-corrected chi connectivity index (χ3v) is 7.40. The van der Waals surface area contributed by atoms with Gasteiger partial charge in [-0.3, -0.25) is 19.8 Å². The van der Waals surface area contributed by atoms with Crippen LogP contribution in [0.5, 0.6) is 0 Å². The Hall–Kier alpha value is -4.22. The van der Waals surface area contributed by atoms with E-state index in [1.807, 2.05) is 59.7 Å². The smallest absolute Gasteiger partial charge is 0.280 e. The maximum Gasteiger partial charge on any atom is 0.280 e. The summed E-state index contributed by atoms with van der Waals surface area (Å²) in [5.41, 5.74) is 4.80. The molecule has 1 N–H and O–H groups in total. The van der Waals surface area contributed by atoms with Gasteiger partial charge < -0.3 is 4.90 Å². The van der Waals surface area contributed by atoms with Gasteiger partial charge in [0.15, 0.2) is 11.0 Å². The van der Waals surface area contributed by atoms with Gasteiger partial charge in [0.25, 0.3) is 11.5 Å². The van der Waals surface area contributed by atoms with Crippen LogP contribution >= 0.6 is 23.4 Å². The molecule has 0 saturated carbocycles. The fourth-order valence-corrected chi connectivity index (χ4v) is 5.73. The van der Waals surface area contributed by atoms with Crippen LogP contribution in [-0.2, 0) is 9.59 Å². The van der Waals surface area contributed by atoms with Crippen LogP contribution in [0.1, 0.15) is 24.1 Å². The molecule has 0 saturated heterocycles. The zero-order valence-corrected chi connectivity index (χ0v) is 20.8. The van der Waals surface area contributed by atoms with Crippen LogP contribution in [0.2, 0.25) is 5.02 Å². The van der Waals surface area contributed by atoms with Crippen molar-refractivity contribution in [2.24, 2.45) is 16.0 Å². The highest BCUT2D eigenvalue weighted by Crippen LogP contribution is 2.47. The van der Waals surface area contributed by atoms with E-state index in [0.717, 1.165) is 10.2 Å². The largest absolute Gasteiger partial charge is 0.311 e. The molecule has 2 atom stereocenters. The molecular weight excluding hydrogens is 514 g/mol. The summed E-state index contributed by atoms with van der Waals surface area (Å²) in [6.45, 7) is 1.81. The Kier molecular flexibility index (Phi) is 5.65. The molecule has 4 heterocycles. The zero-order valence-electron chi connectivity index (χ0n) is 19.3. The van der Waals surface area contributed by atoms with E-state index in [0.29, 0.717) is 33.7 Å². The summed E-state index contributed by atoms with van der Waals surface area (Å²) in [4.78, 5) is 49.1. The maximum absolute atomic E-state index is 13.7. The topological polar surface area (TPSA) is 112 Å². The van der Waals surface area contributed by atoms with Crippen molar-refractivity contribution in [3.05, 3.63) is 98.5 Å². The summed E-state index contributed by atoms with van der Waals surface area (Å²) < 4.78 is 1.01. The molecule has 12 heteroatoms. The van der Waals surface area contributed by atoms with Gasteiger partial charge in [0.1, 0.15) is 12.2 Å². The summed E-state index contributed by atoms with van der Waals surface area (Å²) in [5, 5.41) is 8.94. The number of aliphatic imine (C=N–C) groups is 1. The molecule has 2 aromatic carbocycles. The summed E-state index contributed by atoms with van der Waals surface area (Å²) in [5.74, 6) is -0.635. The molecule has 0 fully saturated rings. The number of carbonyl (C=O) groups excluding carboxylic acids is 2. The van der Waals surface area contributed by atoms with Crippen molar-refractivity contribution in [3.63, 3.8) is 0 Å². The van der Waals surface area contributed by atoms with Crippen LogP contribution in [0.4, 0.5) is 11.5 Å². The second kappa shape index (κ2) is 9.02. The Bertz CT molecular complexity index is 1580. The van der Waals surface area contributed by atoms with E-state index in [1.165, 1.54) is 23.1 Å². The molecule has 3 aliphatic rings. The number of amidine groups is 1. The Labute approximate surface area is 219 Å². The first-order chi connectivity index (χ1) is 18.0. The number of hydrazone groups is 1. The number of carbonyl (C=O) groups is 2. The average molecular weight is 532 g/mol. The van der Waals surface area contributed by atoms with Gasteiger partial charge in [-0.15, -0.1) is 0 Å². The Balaban J connectivity index is 1.48. The van der Waals surface area contributed by atoms with Crippen molar-refractivity contribution in [1.82, 2.24) is 14.6 Å². The number of nitrogens with one attached hydrogen (secondary N) is 1. The lowest BCUT2D eigenvalue weighted by Crippen LogP contribution is -2.43. The number of para-hydroxylation sites is 1. The number of rotatable bonds is 5. The normalized spacial score (nSPS) is 20.2. The number of anilines is 1. The first kappa shape index (κ1) is 23.2. The number of halogens is 1. The summed E-state index contributed by atoms with van der Waals surface area (Å²) >= 11 is 7.51. The molecule has 0 bridgehead atoms. The monoisotopic (exact) mass is 531 g/mol. The number of aromatic nitrogens is 2. The molecule has 184 valence electrons. The van der Waals surface area contributed by atoms with Gasteiger partial charge in [-0.05, 0) is 42.2 Å². The Morgan fingerprint density at radius 3 is 2.57 bits per heavy atom. The molecule has 0 spiro atoms. The second-order valence-electron chi connectivity index (χ2n) is 8.44. The van der Waals surface area contributed by atoms with E-state index in [4.69, 9.17) is 11.6 Å². The van der Waals surface area contributed by atoms with Crippen LogP contribution in [0.25, 0.3) is 0 Å². The summed E-state index contributed by atoms with van der Waals surface area (Å²) in [6.07, 6.45) is 1.62. The molecule has 0 radical (unpaired) electrons. The van der Waals surface area contributed by atoms with Gasteiger partial charge in [-0.1, -0.05) is 53.7 Å². The number of thioether (sulfide) groups is 1. The minimum atomic E-state index is -0.677. The van der Waals surface area contributed by atoms with Gasteiger partial charge in [0.2, 0.25) is 6.41 Å². The van der Waals surface area contributed by atoms with E-state index in [-0.39, 0.29) is 17.3 Å². The maximum atomic E-state index is 13.7. The van der Waals surface area contributed by atoms with Crippen molar-refractivity contribution in [1.29, 1.82) is 0 Å². The molecule has 0 aliphatic carbocycles. The Morgan fingerprint density at radius 2 is 1.84 bits per heavy atom. The van der Waals surface area contributed by atoms with Crippen molar-refractivity contribution in [2.45, 2.75) is 13.0 Å². The molecule has 6 rings (SSSR count). The lowest BCUT2D eigenvalue weighted by atomic mass is 9.93. The molecule has 2 amide bonds. The van der Waals surface area contributed by atoms with E-state index >= 15 is 0 Å². The summed E-state index contributed by atoms with van der Waals surface area (Å²) in [7, 11) is 0. The number of hydrogen-bond donors (Lipinski definition) is 1. The standard InChI is InChI=1S/C25H18ClN7O3S/c1-14-19(24(36)33(30-14)17-5-3-2-4-6-17)18-11-37-25-29-22-20(23(35)31(12-27-22)28-13-34)21(32(18)25)15-7-9-16(26)10-8-15/h2-13,19,21H,1H3,(H,28,34). The van der Waals surface area contributed by atoms with Gasteiger partial charge in [-0.2, -0.15) is 10.1 Å². The van der Waals surface area contributed by atoms with Crippen LogP contribution in [-0.4, -0.2) is 37.8 Å². The van der Waals surface area contributed by atoms with Crippen LogP contribution < -0.4 is 16.0 Å². The number of benzene rings is 2. The van der Waals surface area contributed by atoms with Gasteiger partial charge in [-0.25, -0.2) is 14.7 Å². The molecule has 3 aromatic rings. The Morgan fingerprint density at radius 1 is 1.08 bits per heavy atom. The van der Waals surface area contributed by atoms with Gasteiger partial charge in [0.05, 0.1) is 23.0 Å². The highest BCUT2D eigenvalue weighted by Gasteiger charge is 2.47. The fourth-order valence-electron chi connectivity index (χ4n) is 4.66. The van der Waals surface area contributed by atoms with Crippen molar-refractivity contribution < 1.29 is 9.59 Å². The molecule has 2 unspecified atom stereocenters. The third kappa shape index (κ3) is 3.74. The van der Waals surface area contributed by atoms with Crippen LogP contribution in [0.15, 0.2) is 86.9 Å². The van der Waals surface area contributed by atoms with Gasteiger partial charge in [0, 0.05) is 10.7 Å². The van der Waals surface area contributed by atoms with Crippen molar-refractivity contribution >= 4 is 58.1 Å². The predicted molar refractivity (Wildman–Crippen MR) is 142 cm³/mol. The number of nitrogens with zero attached hydrogens (tertiary/aromatic N) is 6. The molecular formula is C25H18ClN7O3S. The third-order valence-electron chi connectivity index (χ3n) is 6.29. The quantitative estimate of drug-likeness (QED) is 0.503. The lowest BCUT2D eigenvalue weighted by Gasteiger charge is -2.36. The van der Waals surface area contributed by atoms with Crippen LogP contribution in [0, 0.1) is 5.92 Å². The molecule has 10 nitrogen and oxygen atoms in total. The SMILES string of the molecule is CC1=NN(c2ccccc2)C(=O)C1C1=CSC2=Nc3ncn(NC=O)c(=O)c3C(c3ccc(Cl)cc3)N12. The highest BCUT2D eigenvalue weighted by molar-refractivity contribution is 8.16. The lowest BCUT2D eigenvalue weighted by molar-refractivity contribution is -0.119. The zero-order chi connectivity index (χ0) is 25.7. The fraction of sp³-hybridized carbons (Fsp3) is 0.120. The first-order valence-corrected chi connectivity index (χ1v) is 12.5. The second-order valence-corrected chi connectivity index (χ2v) is 9.72. The van der Waals surface area contributed by atoms with E-state index in [2.05, 4.69) is 20.5 Å². The predicted octanol–water partition coefficient (Wildman–Crippen LogP) is 3.62. The molecule has 3 aliphatic heterocycles. The van der Waals surface area contributed by atoms with E-state index < -0.39 is 17.5 Å². The number of fused-ring (bicyclic) bond motifs is 2. The average Bonchev–Trinajstić information content (AvgIpc) is 3.45. The minimum Gasteiger partial charge on any atom is -0.311 e. The van der Waals surface area contributed by atoms with Crippen LogP contribution in [0.3, 0.4) is 0 Å². The van der Waals surface area contributed by atoms with Crippen molar-refractivity contribution in [2.75, 3.05) is 10.4 Å². The number of hydrogen-bond acceptors (Lipinski definition) is 8.